The van der Waals surface area contributed by atoms with Gasteiger partial charge >= 0.3 is 5.97 Å². The molecule has 7 heteroatoms. The van der Waals surface area contributed by atoms with Gasteiger partial charge in [-0.3, -0.25) is 4.79 Å². The zero-order valence-electron chi connectivity index (χ0n) is 13.6. The first-order valence-corrected chi connectivity index (χ1v) is 7.63. The van der Waals surface area contributed by atoms with E-state index in [4.69, 9.17) is 18.9 Å². The van der Waals surface area contributed by atoms with Gasteiger partial charge in [0.05, 0.1) is 7.11 Å². The maximum Gasteiger partial charge on any atom is 0.342 e. The fourth-order valence-electron chi connectivity index (χ4n) is 2.32. The van der Waals surface area contributed by atoms with Gasteiger partial charge in [-0.05, 0) is 29.8 Å². The van der Waals surface area contributed by atoms with Crippen LogP contribution in [0.25, 0.3) is 0 Å². The van der Waals surface area contributed by atoms with Crippen molar-refractivity contribution in [2.75, 3.05) is 20.5 Å². The van der Waals surface area contributed by atoms with E-state index in [0.717, 1.165) is 5.56 Å². The normalized spacial score (nSPS) is 11.7. The summed E-state index contributed by atoms with van der Waals surface area (Å²) >= 11 is 0. The number of hydrogen-bond acceptors (Lipinski definition) is 6. The molecule has 0 radical (unpaired) electrons. The first-order valence-electron chi connectivity index (χ1n) is 7.63. The second kappa shape index (κ2) is 7.57. The molecule has 0 saturated heterocycles. The Bertz CT molecular complexity index is 789. The van der Waals surface area contributed by atoms with Crippen molar-refractivity contribution in [3.05, 3.63) is 53.6 Å². The van der Waals surface area contributed by atoms with E-state index in [1.54, 1.807) is 36.4 Å². The van der Waals surface area contributed by atoms with E-state index in [9.17, 15) is 9.59 Å². The molecule has 2 aromatic carbocycles. The van der Waals surface area contributed by atoms with Crippen LogP contribution in [0.2, 0.25) is 0 Å². The molecule has 0 aromatic heterocycles. The smallest absolute Gasteiger partial charge is 0.342 e. The Kier molecular flexibility index (Phi) is 5.03. The molecule has 0 bridgehead atoms. The van der Waals surface area contributed by atoms with Crippen LogP contribution in [-0.2, 0) is 16.1 Å². The maximum absolute atomic E-state index is 12.0. The molecule has 1 N–H and O–H groups in total. The van der Waals surface area contributed by atoms with Crippen molar-refractivity contribution in [2.24, 2.45) is 0 Å². The monoisotopic (exact) mass is 343 g/mol. The summed E-state index contributed by atoms with van der Waals surface area (Å²) in [5.41, 5.74) is 1.13. The number of para-hydroxylation sites is 1. The summed E-state index contributed by atoms with van der Waals surface area (Å²) in [6, 6.07) is 12.1. The number of amides is 1. The summed E-state index contributed by atoms with van der Waals surface area (Å²) in [6.07, 6.45) is 0. The molecule has 1 aliphatic heterocycles. The van der Waals surface area contributed by atoms with E-state index in [0.29, 0.717) is 23.8 Å². The van der Waals surface area contributed by atoms with Crippen molar-refractivity contribution >= 4 is 11.9 Å². The average Bonchev–Trinajstić information content (AvgIpc) is 3.12. The lowest BCUT2D eigenvalue weighted by Crippen LogP contribution is -2.28. The zero-order valence-corrected chi connectivity index (χ0v) is 13.6. The molecule has 1 heterocycles. The van der Waals surface area contributed by atoms with Gasteiger partial charge in [0.2, 0.25) is 6.79 Å². The van der Waals surface area contributed by atoms with Gasteiger partial charge in [0.25, 0.3) is 5.91 Å². The predicted molar refractivity (Wildman–Crippen MR) is 87.7 cm³/mol. The Morgan fingerprint density at radius 3 is 2.76 bits per heavy atom. The lowest BCUT2D eigenvalue weighted by molar-refractivity contribution is -0.124. The van der Waals surface area contributed by atoms with Crippen LogP contribution in [0.5, 0.6) is 17.2 Å². The van der Waals surface area contributed by atoms with Crippen LogP contribution in [-0.4, -0.2) is 32.4 Å². The second-order valence-corrected chi connectivity index (χ2v) is 5.24. The van der Waals surface area contributed by atoms with E-state index >= 15 is 0 Å². The number of hydrogen-bond donors (Lipinski definition) is 1. The number of esters is 1. The molecule has 0 fully saturated rings. The van der Waals surface area contributed by atoms with Crippen molar-refractivity contribution in [3.8, 4) is 17.2 Å². The van der Waals surface area contributed by atoms with Crippen LogP contribution in [0.3, 0.4) is 0 Å². The highest BCUT2D eigenvalue weighted by atomic mass is 16.7. The Hall–Kier alpha value is -3.22. The van der Waals surface area contributed by atoms with E-state index in [1.807, 2.05) is 6.07 Å². The Morgan fingerprint density at radius 1 is 1.12 bits per heavy atom. The summed E-state index contributed by atoms with van der Waals surface area (Å²) in [7, 11) is 1.46. The van der Waals surface area contributed by atoms with Crippen molar-refractivity contribution < 1.29 is 28.5 Å². The number of carbonyl (C=O) groups is 2. The van der Waals surface area contributed by atoms with Crippen LogP contribution in [0.4, 0.5) is 0 Å². The van der Waals surface area contributed by atoms with E-state index in [2.05, 4.69) is 5.32 Å². The highest BCUT2D eigenvalue weighted by Gasteiger charge is 2.16. The molecule has 0 spiro atoms. The molecule has 0 atom stereocenters. The molecule has 7 nitrogen and oxygen atoms in total. The van der Waals surface area contributed by atoms with Crippen molar-refractivity contribution in [2.45, 2.75) is 6.54 Å². The van der Waals surface area contributed by atoms with Crippen LogP contribution in [0.1, 0.15) is 15.9 Å². The number of methoxy groups -OCH3 is 1. The van der Waals surface area contributed by atoms with Crippen molar-refractivity contribution in [1.29, 1.82) is 0 Å². The van der Waals surface area contributed by atoms with Crippen molar-refractivity contribution in [1.82, 2.24) is 5.32 Å². The molecule has 3 rings (SSSR count). The third-order valence-corrected chi connectivity index (χ3v) is 3.59. The number of ether oxygens (including phenoxy) is 4. The molecule has 1 amide bonds. The largest absolute Gasteiger partial charge is 0.496 e. The van der Waals surface area contributed by atoms with Gasteiger partial charge in [0, 0.05) is 6.54 Å². The number of nitrogens with one attached hydrogen (secondary N) is 1. The third-order valence-electron chi connectivity index (χ3n) is 3.59. The van der Waals surface area contributed by atoms with Gasteiger partial charge in [0.1, 0.15) is 11.3 Å². The average molecular weight is 343 g/mol. The molecule has 130 valence electrons. The highest BCUT2D eigenvalue weighted by molar-refractivity contribution is 5.93. The van der Waals surface area contributed by atoms with Crippen LogP contribution < -0.4 is 19.5 Å². The Morgan fingerprint density at radius 2 is 1.92 bits per heavy atom. The van der Waals surface area contributed by atoms with Gasteiger partial charge in [0.15, 0.2) is 18.1 Å². The summed E-state index contributed by atoms with van der Waals surface area (Å²) in [5.74, 6) is 0.708. The third kappa shape index (κ3) is 4.00. The maximum atomic E-state index is 12.0. The van der Waals surface area contributed by atoms with E-state index < -0.39 is 11.9 Å². The summed E-state index contributed by atoms with van der Waals surface area (Å²) in [6.45, 7) is 0.118. The van der Waals surface area contributed by atoms with Gasteiger partial charge in [-0.25, -0.2) is 4.79 Å². The summed E-state index contributed by atoms with van der Waals surface area (Å²) in [4.78, 5) is 23.9. The van der Waals surface area contributed by atoms with E-state index in [-0.39, 0.29) is 19.0 Å². The van der Waals surface area contributed by atoms with Gasteiger partial charge in [-0.2, -0.15) is 0 Å². The number of fused-ring (bicyclic) bond motifs is 1. The molecule has 25 heavy (non-hydrogen) atoms. The fourth-order valence-corrected chi connectivity index (χ4v) is 2.32. The highest BCUT2D eigenvalue weighted by Crippen LogP contribution is 2.32. The fraction of sp³-hybridized carbons (Fsp3) is 0.222. The molecule has 0 aliphatic carbocycles. The lowest BCUT2D eigenvalue weighted by atomic mass is 10.2. The molecule has 1 aliphatic rings. The summed E-state index contributed by atoms with van der Waals surface area (Å²) in [5, 5.41) is 2.68. The van der Waals surface area contributed by atoms with Crippen molar-refractivity contribution in [3.63, 3.8) is 0 Å². The Balaban J connectivity index is 1.49. The van der Waals surface area contributed by atoms with Crippen LogP contribution in [0.15, 0.2) is 42.5 Å². The quantitative estimate of drug-likeness (QED) is 0.807. The van der Waals surface area contributed by atoms with Crippen LogP contribution in [0, 0.1) is 0 Å². The minimum absolute atomic E-state index is 0.198. The predicted octanol–water partition coefficient (Wildman–Crippen LogP) is 1.90. The molecule has 0 unspecified atom stereocenters. The first kappa shape index (κ1) is 16.6. The second-order valence-electron chi connectivity index (χ2n) is 5.24. The standard InChI is InChI=1S/C18H17NO6/c1-22-14-5-3-2-4-13(14)18(21)23-10-17(20)19-9-12-6-7-15-16(8-12)25-11-24-15/h2-8H,9-11H2,1H3,(H,19,20). The first-order chi connectivity index (χ1) is 12.2. The van der Waals surface area contributed by atoms with Gasteiger partial charge < -0.3 is 24.3 Å². The number of rotatable bonds is 6. The minimum Gasteiger partial charge on any atom is -0.496 e. The van der Waals surface area contributed by atoms with Gasteiger partial charge in [-0.15, -0.1) is 0 Å². The topological polar surface area (TPSA) is 83.1 Å². The molecule has 2 aromatic rings. The minimum atomic E-state index is -0.615. The van der Waals surface area contributed by atoms with Gasteiger partial charge in [-0.1, -0.05) is 18.2 Å². The molecular weight excluding hydrogens is 326 g/mol. The van der Waals surface area contributed by atoms with E-state index in [1.165, 1.54) is 7.11 Å². The lowest BCUT2D eigenvalue weighted by Gasteiger charge is -2.09. The SMILES string of the molecule is COc1ccccc1C(=O)OCC(=O)NCc1ccc2c(c1)OCO2. The Labute approximate surface area is 144 Å². The molecular formula is C18H17NO6. The zero-order chi connectivity index (χ0) is 17.6. The van der Waals surface area contributed by atoms with Crippen LogP contribution >= 0.6 is 0 Å². The summed E-state index contributed by atoms with van der Waals surface area (Å²) < 4.78 is 20.6. The molecule has 0 saturated carbocycles. The number of carbonyl (C=O) groups excluding carboxylic acids is 2. The number of benzene rings is 2.